The molecule has 128 valence electrons. The van der Waals surface area contributed by atoms with Gasteiger partial charge in [-0.05, 0) is 36.8 Å². The van der Waals surface area contributed by atoms with Crippen LogP contribution in [0.15, 0.2) is 36.4 Å². The third-order valence-corrected chi connectivity index (χ3v) is 5.31. The van der Waals surface area contributed by atoms with Gasteiger partial charge in [-0.3, -0.25) is 4.72 Å². The molecule has 0 unspecified atom stereocenters. The van der Waals surface area contributed by atoms with Crippen molar-refractivity contribution in [2.45, 2.75) is 12.7 Å². The van der Waals surface area contributed by atoms with E-state index in [1.807, 2.05) is 0 Å². The van der Waals surface area contributed by atoms with Crippen LogP contribution < -0.4 is 4.72 Å². The van der Waals surface area contributed by atoms with Gasteiger partial charge in [-0.15, -0.1) is 0 Å². The summed E-state index contributed by atoms with van der Waals surface area (Å²) in [4.78, 5) is 11.7. The predicted molar refractivity (Wildman–Crippen MR) is 95.2 cm³/mol. The second-order valence-corrected chi connectivity index (χ2v) is 7.57. The molecule has 2 aromatic rings. The minimum atomic E-state index is -3.78. The molecular formula is C16H15Cl2NO4S. The van der Waals surface area contributed by atoms with E-state index < -0.39 is 16.0 Å². The summed E-state index contributed by atoms with van der Waals surface area (Å²) in [5.74, 6) is -0.921. The fourth-order valence-corrected chi connectivity index (χ4v) is 4.15. The van der Waals surface area contributed by atoms with Crippen molar-refractivity contribution in [1.82, 2.24) is 0 Å². The topological polar surface area (TPSA) is 72.5 Å². The molecule has 2 aromatic carbocycles. The average Bonchev–Trinajstić information content (AvgIpc) is 2.52. The fraction of sp³-hybridized carbons (Fsp3) is 0.188. The van der Waals surface area contributed by atoms with Gasteiger partial charge in [-0.2, -0.15) is 0 Å². The molecule has 0 bridgehead atoms. The van der Waals surface area contributed by atoms with Crippen LogP contribution in [0.25, 0.3) is 0 Å². The van der Waals surface area contributed by atoms with E-state index in [2.05, 4.69) is 9.46 Å². The highest BCUT2D eigenvalue weighted by Gasteiger charge is 2.19. The monoisotopic (exact) mass is 387 g/mol. The summed E-state index contributed by atoms with van der Waals surface area (Å²) < 4.78 is 32.0. The first kappa shape index (κ1) is 18.6. The van der Waals surface area contributed by atoms with Gasteiger partial charge in [-0.25, -0.2) is 13.2 Å². The van der Waals surface area contributed by atoms with Gasteiger partial charge in [-0.1, -0.05) is 35.3 Å². The van der Waals surface area contributed by atoms with Crippen LogP contribution in [0.4, 0.5) is 5.69 Å². The molecule has 8 heteroatoms. The molecule has 2 rings (SSSR count). The lowest BCUT2D eigenvalue weighted by atomic mass is 10.1. The number of halogens is 2. The van der Waals surface area contributed by atoms with Crippen molar-refractivity contribution in [2.24, 2.45) is 0 Å². The summed E-state index contributed by atoms with van der Waals surface area (Å²) in [5.41, 5.74) is 1.36. The second kappa shape index (κ2) is 7.42. The Morgan fingerprint density at radius 3 is 2.29 bits per heavy atom. The Kier molecular flexibility index (Phi) is 5.74. The van der Waals surface area contributed by atoms with E-state index in [-0.39, 0.29) is 21.4 Å². The zero-order valence-corrected chi connectivity index (χ0v) is 15.3. The maximum Gasteiger partial charge on any atom is 0.338 e. The number of benzene rings is 2. The van der Waals surface area contributed by atoms with E-state index in [0.717, 1.165) is 0 Å². The van der Waals surface area contributed by atoms with Gasteiger partial charge in [0.25, 0.3) is 0 Å². The van der Waals surface area contributed by atoms with Crippen molar-refractivity contribution in [1.29, 1.82) is 0 Å². The number of nitrogens with one attached hydrogen (secondary N) is 1. The van der Waals surface area contributed by atoms with E-state index >= 15 is 0 Å². The van der Waals surface area contributed by atoms with Gasteiger partial charge >= 0.3 is 5.97 Å². The Bertz CT molecular complexity index is 861. The first-order valence-electron chi connectivity index (χ1n) is 6.86. The Morgan fingerprint density at radius 2 is 1.71 bits per heavy atom. The van der Waals surface area contributed by atoms with E-state index in [0.29, 0.717) is 16.8 Å². The Hall–Kier alpha value is -1.76. The van der Waals surface area contributed by atoms with Crippen molar-refractivity contribution < 1.29 is 17.9 Å². The summed E-state index contributed by atoms with van der Waals surface area (Å²) in [6, 6.07) is 9.47. The maximum absolute atomic E-state index is 12.4. The molecule has 0 heterocycles. The molecular weight excluding hydrogens is 373 g/mol. The third-order valence-electron chi connectivity index (χ3n) is 3.40. The first-order valence-corrected chi connectivity index (χ1v) is 9.27. The molecule has 0 fully saturated rings. The smallest absolute Gasteiger partial charge is 0.338 e. The number of carbonyl (C=O) groups is 1. The van der Waals surface area contributed by atoms with Gasteiger partial charge in [0.2, 0.25) is 10.0 Å². The van der Waals surface area contributed by atoms with Crippen LogP contribution >= 0.6 is 23.2 Å². The molecule has 0 aliphatic carbocycles. The summed E-state index contributed by atoms with van der Waals surface area (Å²) >= 11 is 12.0. The molecule has 24 heavy (non-hydrogen) atoms. The van der Waals surface area contributed by atoms with Crippen molar-refractivity contribution in [3.8, 4) is 0 Å². The van der Waals surface area contributed by atoms with E-state index in [9.17, 15) is 13.2 Å². The molecule has 0 saturated heterocycles. The van der Waals surface area contributed by atoms with Crippen LogP contribution in [0.5, 0.6) is 0 Å². The highest BCUT2D eigenvalue weighted by atomic mass is 35.5. The number of methoxy groups -OCH3 is 1. The lowest BCUT2D eigenvalue weighted by molar-refractivity contribution is 0.0600. The Balaban J connectivity index is 2.32. The predicted octanol–water partition coefficient (Wildman–Crippen LogP) is 4.03. The molecule has 0 aliphatic rings. The zero-order valence-electron chi connectivity index (χ0n) is 13.0. The van der Waals surface area contributed by atoms with Gasteiger partial charge < -0.3 is 4.74 Å². The molecule has 0 aromatic heterocycles. The van der Waals surface area contributed by atoms with Crippen molar-refractivity contribution in [2.75, 3.05) is 11.8 Å². The van der Waals surface area contributed by atoms with Crippen LogP contribution in [0.3, 0.4) is 0 Å². The number of esters is 1. The molecule has 0 aliphatic heterocycles. The zero-order chi connectivity index (χ0) is 17.9. The van der Waals surface area contributed by atoms with Crippen LogP contribution in [0.1, 0.15) is 21.5 Å². The lowest BCUT2D eigenvalue weighted by Crippen LogP contribution is -2.17. The van der Waals surface area contributed by atoms with E-state index in [1.54, 1.807) is 43.3 Å². The van der Waals surface area contributed by atoms with Gasteiger partial charge in [0.1, 0.15) is 0 Å². The number of anilines is 1. The number of hydrogen-bond acceptors (Lipinski definition) is 4. The van der Waals surface area contributed by atoms with Crippen molar-refractivity contribution in [3.63, 3.8) is 0 Å². The number of sulfonamides is 1. The lowest BCUT2D eigenvalue weighted by Gasteiger charge is -2.14. The molecule has 0 amide bonds. The standard InChI is InChI=1S/C16H15Cl2NO4S/c1-10-11(16(20)23-2)5-3-8-15(10)19-24(21,22)9-12-13(17)6-4-7-14(12)18/h3-8,19H,9H2,1-2H3. The number of ether oxygens (including phenoxy) is 1. The average molecular weight is 388 g/mol. The summed E-state index contributed by atoms with van der Waals surface area (Å²) in [6.45, 7) is 1.63. The van der Waals surface area contributed by atoms with E-state index in [4.69, 9.17) is 23.2 Å². The summed E-state index contributed by atoms with van der Waals surface area (Å²) in [5, 5.41) is 0.542. The summed E-state index contributed by atoms with van der Waals surface area (Å²) in [7, 11) is -2.51. The van der Waals surface area contributed by atoms with Gasteiger partial charge in [0, 0.05) is 15.6 Å². The van der Waals surface area contributed by atoms with Gasteiger partial charge in [0.05, 0.1) is 24.1 Å². The maximum atomic E-state index is 12.4. The number of hydrogen-bond donors (Lipinski definition) is 1. The van der Waals surface area contributed by atoms with Gasteiger partial charge in [0.15, 0.2) is 0 Å². The SMILES string of the molecule is COC(=O)c1cccc(NS(=O)(=O)Cc2c(Cl)cccc2Cl)c1C. The number of rotatable bonds is 5. The van der Waals surface area contributed by atoms with Crippen molar-refractivity contribution in [3.05, 3.63) is 63.1 Å². The molecule has 0 spiro atoms. The highest BCUT2D eigenvalue weighted by Crippen LogP contribution is 2.28. The third kappa shape index (κ3) is 4.20. The largest absolute Gasteiger partial charge is 0.465 e. The van der Waals surface area contributed by atoms with E-state index in [1.165, 1.54) is 7.11 Å². The normalized spacial score (nSPS) is 11.2. The minimum absolute atomic E-state index is 0.271. The number of carbonyl (C=O) groups excluding carboxylic acids is 1. The Labute approximate surface area is 150 Å². The fourth-order valence-electron chi connectivity index (χ4n) is 2.14. The summed E-state index contributed by atoms with van der Waals surface area (Å²) in [6.07, 6.45) is 0. The van der Waals surface area contributed by atoms with Crippen LogP contribution in [0.2, 0.25) is 10.0 Å². The molecule has 0 radical (unpaired) electrons. The second-order valence-electron chi connectivity index (χ2n) is 5.03. The Morgan fingerprint density at radius 1 is 1.12 bits per heavy atom. The molecule has 1 N–H and O–H groups in total. The molecule has 5 nitrogen and oxygen atoms in total. The van der Waals surface area contributed by atoms with Crippen LogP contribution in [0, 0.1) is 6.92 Å². The van der Waals surface area contributed by atoms with Crippen LogP contribution in [-0.2, 0) is 20.5 Å². The highest BCUT2D eigenvalue weighted by molar-refractivity contribution is 7.91. The van der Waals surface area contributed by atoms with Crippen LogP contribution in [-0.4, -0.2) is 21.5 Å². The minimum Gasteiger partial charge on any atom is -0.465 e. The molecule has 0 saturated carbocycles. The molecule has 0 atom stereocenters. The first-order chi connectivity index (χ1) is 11.2. The quantitative estimate of drug-likeness (QED) is 0.785. The van der Waals surface area contributed by atoms with Crippen molar-refractivity contribution >= 4 is 44.9 Å².